The second-order valence-electron chi connectivity index (χ2n) is 6.10. The molecule has 3 aromatic heterocycles. The number of hydrogen-bond acceptors (Lipinski definition) is 4. The predicted octanol–water partition coefficient (Wildman–Crippen LogP) is 4.50. The number of halogens is 2. The van der Waals surface area contributed by atoms with Gasteiger partial charge in [0.1, 0.15) is 6.33 Å². The van der Waals surface area contributed by atoms with Crippen LogP contribution in [0.2, 0.25) is 10.0 Å². The standard InChI is InChI=1S/C19H12Cl2N6/c20-13-6-7-14(16(21)8-13)17-24-19-15-9-23-26(10-12-4-2-1-3-5-12)18(15)22-11-27(19)25-17/h1-9,11H,10H2. The van der Waals surface area contributed by atoms with Crippen LogP contribution in [-0.4, -0.2) is 29.4 Å². The summed E-state index contributed by atoms with van der Waals surface area (Å²) in [6.07, 6.45) is 3.41. The predicted molar refractivity (Wildman–Crippen MR) is 105 cm³/mol. The zero-order valence-corrected chi connectivity index (χ0v) is 15.4. The Balaban J connectivity index is 1.62. The first-order chi connectivity index (χ1) is 13.2. The van der Waals surface area contributed by atoms with Gasteiger partial charge in [-0.05, 0) is 23.8 Å². The quantitative estimate of drug-likeness (QED) is 0.452. The molecule has 0 unspecified atom stereocenters. The second kappa shape index (κ2) is 6.33. The molecule has 0 atom stereocenters. The van der Waals surface area contributed by atoms with Crippen LogP contribution in [0, 0.1) is 0 Å². The van der Waals surface area contributed by atoms with Gasteiger partial charge in [-0.1, -0.05) is 53.5 Å². The first kappa shape index (κ1) is 16.2. The van der Waals surface area contributed by atoms with Crippen molar-refractivity contribution >= 4 is 39.9 Å². The Labute approximate surface area is 164 Å². The van der Waals surface area contributed by atoms with Crippen LogP contribution in [-0.2, 0) is 6.54 Å². The number of nitrogens with zero attached hydrogens (tertiary/aromatic N) is 6. The van der Waals surface area contributed by atoms with Gasteiger partial charge in [0.25, 0.3) is 0 Å². The minimum absolute atomic E-state index is 0.502. The van der Waals surface area contributed by atoms with Gasteiger partial charge in [0.15, 0.2) is 17.1 Å². The van der Waals surface area contributed by atoms with E-state index >= 15 is 0 Å². The van der Waals surface area contributed by atoms with Crippen LogP contribution >= 0.6 is 23.2 Å². The van der Waals surface area contributed by atoms with Crippen LogP contribution in [0.4, 0.5) is 0 Å². The number of aromatic nitrogens is 6. The lowest BCUT2D eigenvalue weighted by atomic mass is 10.2. The van der Waals surface area contributed by atoms with E-state index in [9.17, 15) is 0 Å². The number of hydrogen-bond donors (Lipinski definition) is 0. The lowest BCUT2D eigenvalue weighted by Gasteiger charge is -2.02. The molecule has 0 saturated heterocycles. The molecule has 0 aliphatic rings. The maximum atomic E-state index is 6.30. The van der Waals surface area contributed by atoms with Crippen molar-refractivity contribution in [2.45, 2.75) is 6.54 Å². The zero-order chi connectivity index (χ0) is 18.4. The Kier molecular flexibility index (Phi) is 3.81. The summed E-state index contributed by atoms with van der Waals surface area (Å²) in [5.74, 6) is 0.516. The Morgan fingerprint density at radius 1 is 0.963 bits per heavy atom. The van der Waals surface area contributed by atoms with E-state index in [1.807, 2.05) is 28.9 Å². The molecule has 0 saturated carbocycles. The van der Waals surface area contributed by atoms with Gasteiger partial charge in [-0.15, -0.1) is 5.10 Å². The van der Waals surface area contributed by atoms with Crippen LogP contribution in [0.3, 0.4) is 0 Å². The third-order valence-corrected chi connectivity index (χ3v) is 4.87. The molecule has 0 aliphatic heterocycles. The van der Waals surface area contributed by atoms with Crippen molar-refractivity contribution < 1.29 is 0 Å². The summed E-state index contributed by atoms with van der Waals surface area (Å²) in [6, 6.07) is 15.4. The van der Waals surface area contributed by atoms with E-state index in [1.54, 1.807) is 29.2 Å². The topological polar surface area (TPSA) is 60.9 Å². The van der Waals surface area contributed by atoms with Gasteiger partial charge in [0.05, 0.1) is 23.2 Å². The summed E-state index contributed by atoms with van der Waals surface area (Å²) in [7, 11) is 0. The normalized spacial score (nSPS) is 11.5. The van der Waals surface area contributed by atoms with Crippen molar-refractivity contribution in [2.75, 3.05) is 0 Å². The van der Waals surface area contributed by atoms with Gasteiger partial charge < -0.3 is 0 Å². The van der Waals surface area contributed by atoms with E-state index in [4.69, 9.17) is 23.2 Å². The van der Waals surface area contributed by atoms with Crippen molar-refractivity contribution in [1.82, 2.24) is 29.4 Å². The molecule has 132 valence electrons. The average molecular weight is 395 g/mol. The van der Waals surface area contributed by atoms with Crippen molar-refractivity contribution in [3.63, 3.8) is 0 Å². The second-order valence-corrected chi connectivity index (χ2v) is 6.94. The highest BCUT2D eigenvalue weighted by Gasteiger charge is 2.15. The van der Waals surface area contributed by atoms with Gasteiger partial charge in [-0.2, -0.15) is 5.10 Å². The maximum Gasteiger partial charge on any atom is 0.183 e. The summed E-state index contributed by atoms with van der Waals surface area (Å²) in [6.45, 7) is 0.636. The molecule has 0 spiro atoms. The number of benzene rings is 2. The molecule has 0 fully saturated rings. The SMILES string of the molecule is Clc1ccc(-c2nc3c4cnn(Cc5ccccc5)c4ncn3n2)c(Cl)c1. The van der Waals surface area contributed by atoms with Crippen molar-refractivity contribution in [3.05, 3.63) is 76.7 Å². The summed E-state index contributed by atoms with van der Waals surface area (Å²) < 4.78 is 3.49. The fraction of sp³-hybridized carbons (Fsp3) is 0.0526. The molecule has 0 amide bonds. The largest absolute Gasteiger partial charge is 0.243 e. The van der Waals surface area contributed by atoms with Crippen LogP contribution in [0.25, 0.3) is 28.1 Å². The van der Waals surface area contributed by atoms with E-state index in [1.165, 1.54) is 0 Å². The van der Waals surface area contributed by atoms with Crippen molar-refractivity contribution in [1.29, 1.82) is 0 Å². The average Bonchev–Trinajstić information content (AvgIpc) is 3.26. The molecule has 5 rings (SSSR count). The molecule has 6 nitrogen and oxygen atoms in total. The van der Waals surface area contributed by atoms with Crippen LogP contribution in [0.15, 0.2) is 61.1 Å². The minimum Gasteiger partial charge on any atom is -0.243 e. The number of fused-ring (bicyclic) bond motifs is 3. The molecule has 0 aliphatic carbocycles. The number of rotatable bonds is 3. The highest BCUT2D eigenvalue weighted by molar-refractivity contribution is 6.36. The summed E-state index contributed by atoms with van der Waals surface area (Å²) in [5, 5.41) is 10.9. The molecule has 0 bridgehead atoms. The van der Waals surface area contributed by atoms with E-state index in [-0.39, 0.29) is 0 Å². The van der Waals surface area contributed by atoms with Gasteiger partial charge in [0.2, 0.25) is 0 Å². The minimum atomic E-state index is 0.502. The smallest absolute Gasteiger partial charge is 0.183 e. The fourth-order valence-electron chi connectivity index (χ4n) is 3.03. The van der Waals surface area contributed by atoms with Gasteiger partial charge in [0, 0.05) is 10.6 Å². The molecular weight excluding hydrogens is 383 g/mol. The first-order valence-electron chi connectivity index (χ1n) is 8.25. The van der Waals surface area contributed by atoms with E-state index in [2.05, 4.69) is 32.3 Å². The Morgan fingerprint density at radius 2 is 1.81 bits per heavy atom. The summed E-state index contributed by atoms with van der Waals surface area (Å²) in [4.78, 5) is 9.17. The monoisotopic (exact) mass is 394 g/mol. The molecule has 0 N–H and O–H groups in total. The highest BCUT2D eigenvalue weighted by atomic mass is 35.5. The van der Waals surface area contributed by atoms with Crippen LogP contribution < -0.4 is 0 Å². The molecule has 3 heterocycles. The first-order valence-corrected chi connectivity index (χ1v) is 9.01. The van der Waals surface area contributed by atoms with Gasteiger partial charge in [-0.25, -0.2) is 19.2 Å². The van der Waals surface area contributed by atoms with E-state index in [0.29, 0.717) is 28.1 Å². The molecule has 5 aromatic rings. The maximum absolute atomic E-state index is 6.30. The van der Waals surface area contributed by atoms with Crippen molar-refractivity contribution in [2.24, 2.45) is 0 Å². The van der Waals surface area contributed by atoms with Gasteiger partial charge in [-0.3, -0.25) is 0 Å². The van der Waals surface area contributed by atoms with Crippen molar-refractivity contribution in [3.8, 4) is 11.4 Å². The van der Waals surface area contributed by atoms with E-state index < -0.39 is 0 Å². The Hall–Kier alpha value is -2.96. The third kappa shape index (κ3) is 2.83. The van der Waals surface area contributed by atoms with Crippen LogP contribution in [0.1, 0.15) is 5.56 Å². The molecule has 8 heteroatoms. The Bertz CT molecular complexity index is 1280. The highest BCUT2D eigenvalue weighted by Crippen LogP contribution is 2.29. The van der Waals surface area contributed by atoms with E-state index in [0.717, 1.165) is 22.2 Å². The lowest BCUT2D eigenvalue weighted by Crippen LogP contribution is -2.03. The zero-order valence-electron chi connectivity index (χ0n) is 13.9. The van der Waals surface area contributed by atoms with Crippen LogP contribution in [0.5, 0.6) is 0 Å². The molecule has 0 radical (unpaired) electrons. The molecule has 2 aromatic carbocycles. The molecule has 27 heavy (non-hydrogen) atoms. The fourth-order valence-corrected chi connectivity index (χ4v) is 3.52. The molecular formula is C19H12Cl2N6. The lowest BCUT2D eigenvalue weighted by molar-refractivity contribution is 0.702. The summed E-state index contributed by atoms with van der Waals surface area (Å²) >= 11 is 12.3. The third-order valence-electron chi connectivity index (χ3n) is 4.32. The Morgan fingerprint density at radius 3 is 2.63 bits per heavy atom. The summed E-state index contributed by atoms with van der Waals surface area (Å²) in [5.41, 5.74) is 3.31. The van der Waals surface area contributed by atoms with Gasteiger partial charge >= 0.3 is 0 Å².